The highest BCUT2D eigenvalue weighted by molar-refractivity contribution is 14.1. The van der Waals surface area contributed by atoms with E-state index in [0.29, 0.717) is 6.61 Å². The number of benzene rings is 2. The minimum atomic E-state index is 0.0750. The van der Waals surface area contributed by atoms with Gasteiger partial charge in [0.2, 0.25) is 0 Å². The van der Waals surface area contributed by atoms with E-state index in [2.05, 4.69) is 58.9 Å². The third-order valence-corrected chi connectivity index (χ3v) is 6.65. The lowest BCUT2D eigenvalue weighted by Gasteiger charge is -2.23. The largest absolute Gasteiger partial charge is 0.392 e. The molecule has 150 valence electrons. The van der Waals surface area contributed by atoms with Gasteiger partial charge < -0.3 is 9.94 Å². The van der Waals surface area contributed by atoms with Gasteiger partial charge in [-0.15, -0.1) is 0 Å². The van der Waals surface area contributed by atoms with Crippen LogP contribution in [0.15, 0.2) is 41.6 Å². The molecule has 0 aromatic heterocycles. The molecule has 1 saturated carbocycles. The van der Waals surface area contributed by atoms with Gasteiger partial charge in [0.25, 0.3) is 0 Å². The fraction of sp³-hybridized carbons (Fsp3) is 0.458. The Bertz CT molecular complexity index is 825. The molecule has 0 bridgehead atoms. The maximum Gasteiger partial charge on any atom is 0.142 e. The maximum absolute atomic E-state index is 9.42. The fourth-order valence-electron chi connectivity index (χ4n) is 4.00. The molecule has 0 aliphatic heterocycles. The summed E-state index contributed by atoms with van der Waals surface area (Å²) in [5.41, 5.74) is 6.68. The molecule has 4 heteroatoms. The number of aliphatic hydroxyl groups is 1. The molecule has 0 spiro atoms. The number of hydrogen-bond acceptors (Lipinski definition) is 3. The van der Waals surface area contributed by atoms with Gasteiger partial charge in [0, 0.05) is 3.57 Å². The summed E-state index contributed by atoms with van der Waals surface area (Å²) in [5.74, 6) is 0.727. The SMILES string of the molecule is CCc1cc(/C(C)=N/OCc2ccc(C3CCCCC3)c(I)c2)ccc1CO. The topological polar surface area (TPSA) is 41.8 Å². The number of hydrogen-bond donors (Lipinski definition) is 1. The van der Waals surface area contributed by atoms with Crippen LogP contribution in [0.2, 0.25) is 0 Å². The van der Waals surface area contributed by atoms with E-state index < -0.39 is 0 Å². The van der Waals surface area contributed by atoms with Crippen LogP contribution in [0.4, 0.5) is 0 Å². The number of aryl methyl sites for hydroxylation is 1. The van der Waals surface area contributed by atoms with Crippen molar-refractivity contribution < 1.29 is 9.94 Å². The van der Waals surface area contributed by atoms with Crippen LogP contribution in [0, 0.1) is 3.57 Å². The molecule has 28 heavy (non-hydrogen) atoms. The third-order valence-electron chi connectivity index (χ3n) is 5.72. The zero-order valence-corrected chi connectivity index (χ0v) is 19.0. The Hall–Kier alpha value is -1.40. The van der Waals surface area contributed by atoms with Gasteiger partial charge >= 0.3 is 0 Å². The van der Waals surface area contributed by atoms with Gasteiger partial charge in [-0.05, 0) is 94.6 Å². The molecule has 1 aliphatic rings. The van der Waals surface area contributed by atoms with E-state index in [-0.39, 0.29) is 6.61 Å². The number of rotatable bonds is 7. The highest BCUT2D eigenvalue weighted by atomic mass is 127. The van der Waals surface area contributed by atoms with Crippen molar-refractivity contribution in [3.63, 3.8) is 0 Å². The second-order valence-electron chi connectivity index (χ2n) is 7.64. The summed E-state index contributed by atoms with van der Waals surface area (Å²) in [7, 11) is 0. The van der Waals surface area contributed by atoms with E-state index in [0.717, 1.165) is 40.3 Å². The molecule has 1 aliphatic carbocycles. The second kappa shape index (κ2) is 10.4. The lowest BCUT2D eigenvalue weighted by molar-refractivity contribution is 0.130. The standard InChI is InChI=1S/C24H30INO2/c1-3-19-14-21(10-11-22(19)15-27)17(2)26-28-16-18-9-12-23(24(25)13-18)20-7-5-4-6-8-20/h9-14,20,27H,3-8,15-16H2,1-2H3/b26-17+. The molecule has 0 heterocycles. The first kappa shape index (κ1) is 21.3. The number of oxime groups is 1. The third kappa shape index (κ3) is 5.35. The van der Waals surface area contributed by atoms with Crippen LogP contribution in [0.5, 0.6) is 0 Å². The molecular formula is C24H30INO2. The van der Waals surface area contributed by atoms with E-state index in [1.807, 2.05) is 19.1 Å². The van der Waals surface area contributed by atoms with E-state index in [4.69, 9.17) is 4.84 Å². The molecule has 1 N–H and O–H groups in total. The van der Waals surface area contributed by atoms with Crippen molar-refractivity contribution in [2.75, 3.05) is 0 Å². The van der Waals surface area contributed by atoms with Crippen molar-refractivity contribution in [3.05, 3.63) is 67.8 Å². The minimum Gasteiger partial charge on any atom is -0.392 e. The lowest BCUT2D eigenvalue weighted by Crippen LogP contribution is -2.06. The number of nitrogens with zero attached hydrogens (tertiary/aromatic N) is 1. The first-order chi connectivity index (χ1) is 13.6. The quantitative estimate of drug-likeness (QED) is 0.279. The van der Waals surface area contributed by atoms with Crippen molar-refractivity contribution in [2.45, 2.75) is 71.5 Å². The van der Waals surface area contributed by atoms with Gasteiger partial charge in [0.05, 0.1) is 12.3 Å². The monoisotopic (exact) mass is 491 g/mol. The van der Waals surface area contributed by atoms with E-state index in [1.165, 1.54) is 41.2 Å². The minimum absolute atomic E-state index is 0.0750. The van der Waals surface area contributed by atoms with Crippen molar-refractivity contribution >= 4 is 28.3 Å². The van der Waals surface area contributed by atoms with Gasteiger partial charge in [-0.1, -0.05) is 55.6 Å². The van der Waals surface area contributed by atoms with Crippen molar-refractivity contribution in [3.8, 4) is 0 Å². The Morgan fingerprint density at radius 2 is 1.89 bits per heavy atom. The zero-order chi connectivity index (χ0) is 19.9. The van der Waals surface area contributed by atoms with Crippen molar-refractivity contribution in [1.29, 1.82) is 0 Å². The summed E-state index contributed by atoms with van der Waals surface area (Å²) in [6.45, 7) is 4.61. The zero-order valence-electron chi connectivity index (χ0n) is 16.9. The van der Waals surface area contributed by atoms with Gasteiger partial charge in [0.15, 0.2) is 0 Å². The highest BCUT2D eigenvalue weighted by Gasteiger charge is 2.17. The van der Waals surface area contributed by atoms with Crippen LogP contribution in [0.25, 0.3) is 0 Å². The molecule has 0 amide bonds. The first-order valence-electron chi connectivity index (χ1n) is 10.3. The Kier molecular flexibility index (Phi) is 7.91. The molecule has 2 aromatic rings. The van der Waals surface area contributed by atoms with E-state index >= 15 is 0 Å². The number of halogens is 1. The van der Waals surface area contributed by atoms with Crippen LogP contribution >= 0.6 is 22.6 Å². The van der Waals surface area contributed by atoms with Crippen LogP contribution in [0.3, 0.4) is 0 Å². The van der Waals surface area contributed by atoms with E-state index in [9.17, 15) is 5.11 Å². The number of aliphatic hydroxyl groups excluding tert-OH is 1. The molecule has 1 fully saturated rings. The molecule has 0 unspecified atom stereocenters. The molecule has 3 rings (SSSR count). The summed E-state index contributed by atoms with van der Waals surface area (Å²) >= 11 is 2.47. The van der Waals surface area contributed by atoms with E-state index in [1.54, 1.807) is 0 Å². The molecule has 3 nitrogen and oxygen atoms in total. The van der Waals surface area contributed by atoms with Crippen molar-refractivity contribution in [1.82, 2.24) is 0 Å². The van der Waals surface area contributed by atoms with Crippen LogP contribution in [-0.4, -0.2) is 10.8 Å². The fourth-order valence-corrected chi connectivity index (χ4v) is 5.02. The molecule has 2 aromatic carbocycles. The van der Waals surface area contributed by atoms with Gasteiger partial charge in [0.1, 0.15) is 6.61 Å². The Morgan fingerprint density at radius 3 is 2.57 bits per heavy atom. The van der Waals surface area contributed by atoms with Gasteiger partial charge in [-0.3, -0.25) is 0 Å². The Labute approximate surface area is 182 Å². The van der Waals surface area contributed by atoms with Crippen LogP contribution in [-0.2, 0) is 24.5 Å². The van der Waals surface area contributed by atoms with Crippen LogP contribution in [0.1, 0.15) is 79.7 Å². The predicted molar refractivity (Wildman–Crippen MR) is 124 cm³/mol. The highest BCUT2D eigenvalue weighted by Crippen LogP contribution is 2.35. The first-order valence-corrected chi connectivity index (χ1v) is 11.4. The average Bonchev–Trinajstić information content (AvgIpc) is 2.73. The predicted octanol–water partition coefficient (Wildman–Crippen LogP) is 6.33. The lowest BCUT2D eigenvalue weighted by atomic mass is 9.84. The Morgan fingerprint density at radius 1 is 1.11 bits per heavy atom. The summed E-state index contributed by atoms with van der Waals surface area (Å²) in [6.07, 6.45) is 7.65. The summed E-state index contributed by atoms with van der Waals surface area (Å²) in [4.78, 5) is 5.64. The average molecular weight is 491 g/mol. The summed E-state index contributed by atoms with van der Waals surface area (Å²) in [5, 5.41) is 13.7. The maximum atomic E-state index is 9.42. The summed E-state index contributed by atoms with van der Waals surface area (Å²) < 4.78 is 1.35. The molecule has 0 radical (unpaired) electrons. The second-order valence-corrected chi connectivity index (χ2v) is 8.80. The normalized spacial score (nSPS) is 15.6. The van der Waals surface area contributed by atoms with Crippen LogP contribution < -0.4 is 0 Å². The molecular weight excluding hydrogens is 461 g/mol. The van der Waals surface area contributed by atoms with Gasteiger partial charge in [-0.25, -0.2) is 0 Å². The van der Waals surface area contributed by atoms with Crippen molar-refractivity contribution in [2.24, 2.45) is 5.16 Å². The molecule has 0 atom stereocenters. The summed E-state index contributed by atoms with van der Waals surface area (Å²) in [6, 6.07) is 12.8. The molecule has 0 saturated heterocycles. The Balaban J connectivity index is 1.63. The smallest absolute Gasteiger partial charge is 0.142 e. The van der Waals surface area contributed by atoms with Gasteiger partial charge in [-0.2, -0.15) is 0 Å².